The van der Waals surface area contributed by atoms with Crippen molar-refractivity contribution >= 4 is 12.1 Å². The Balaban J connectivity index is 1.80. The van der Waals surface area contributed by atoms with Gasteiger partial charge in [-0.05, 0) is 24.8 Å². The molecule has 1 heterocycles. The first-order valence-corrected chi connectivity index (χ1v) is 8.36. The van der Waals surface area contributed by atoms with Gasteiger partial charge in [-0.3, -0.25) is 4.90 Å². The highest BCUT2D eigenvalue weighted by molar-refractivity contribution is 5.82. The maximum atomic E-state index is 12.2. The van der Waals surface area contributed by atoms with E-state index in [0.29, 0.717) is 19.6 Å². The number of ether oxygens (including phenoxy) is 2. The van der Waals surface area contributed by atoms with E-state index in [9.17, 15) is 9.59 Å². The SMILES string of the molecule is CCCCCOC(=O)C1CCCN1C(=O)OCc1ccccc1. The van der Waals surface area contributed by atoms with Crippen molar-refractivity contribution in [1.82, 2.24) is 4.90 Å². The Morgan fingerprint density at radius 1 is 1.17 bits per heavy atom. The highest BCUT2D eigenvalue weighted by Crippen LogP contribution is 2.20. The molecule has 0 radical (unpaired) electrons. The minimum atomic E-state index is -0.500. The third-order valence-corrected chi connectivity index (χ3v) is 3.96. The van der Waals surface area contributed by atoms with Crippen LogP contribution in [0.4, 0.5) is 4.79 Å². The average Bonchev–Trinajstić information content (AvgIpc) is 3.07. The summed E-state index contributed by atoms with van der Waals surface area (Å²) in [6.45, 7) is 3.29. The zero-order valence-corrected chi connectivity index (χ0v) is 13.7. The molecule has 1 aromatic rings. The third kappa shape index (κ3) is 5.27. The van der Waals surface area contributed by atoms with Crippen LogP contribution in [0, 0.1) is 0 Å². The van der Waals surface area contributed by atoms with Gasteiger partial charge in [0.25, 0.3) is 0 Å². The summed E-state index contributed by atoms with van der Waals surface area (Å²) in [5, 5.41) is 0. The molecule has 126 valence electrons. The number of carbonyl (C=O) groups excluding carboxylic acids is 2. The second-order valence-corrected chi connectivity index (χ2v) is 5.77. The summed E-state index contributed by atoms with van der Waals surface area (Å²) >= 11 is 0. The molecule has 1 fully saturated rings. The summed E-state index contributed by atoms with van der Waals surface area (Å²) < 4.78 is 10.6. The molecule has 1 aliphatic heterocycles. The predicted octanol–water partition coefficient (Wildman–Crippen LogP) is 3.52. The number of nitrogens with zero attached hydrogens (tertiary/aromatic N) is 1. The molecule has 0 saturated carbocycles. The summed E-state index contributed by atoms with van der Waals surface area (Å²) in [5.74, 6) is -0.310. The molecule has 1 atom stereocenters. The molecule has 1 amide bonds. The zero-order valence-electron chi connectivity index (χ0n) is 13.7. The number of hydrogen-bond donors (Lipinski definition) is 0. The number of esters is 1. The van der Waals surface area contributed by atoms with Crippen molar-refractivity contribution < 1.29 is 19.1 Å². The first-order valence-electron chi connectivity index (χ1n) is 8.36. The van der Waals surface area contributed by atoms with Crippen LogP contribution >= 0.6 is 0 Å². The van der Waals surface area contributed by atoms with Gasteiger partial charge in [0, 0.05) is 6.54 Å². The van der Waals surface area contributed by atoms with Crippen LogP contribution in [-0.2, 0) is 20.9 Å². The van der Waals surface area contributed by atoms with Crippen molar-refractivity contribution in [3.63, 3.8) is 0 Å². The first-order chi connectivity index (χ1) is 11.2. The smallest absolute Gasteiger partial charge is 0.410 e. The van der Waals surface area contributed by atoms with Gasteiger partial charge in [-0.2, -0.15) is 0 Å². The second-order valence-electron chi connectivity index (χ2n) is 5.77. The Morgan fingerprint density at radius 2 is 1.96 bits per heavy atom. The number of amides is 1. The molecular formula is C18H25NO4. The largest absolute Gasteiger partial charge is 0.464 e. The van der Waals surface area contributed by atoms with Crippen LogP contribution in [0.2, 0.25) is 0 Å². The summed E-state index contributed by atoms with van der Waals surface area (Å²) in [7, 11) is 0. The van der Waals surface area contributed by atoms with Crippen molar-refractivity contribution in [3.05, 3.63) is 35.9 Å². The van der Waals surface area contributed by atoms with Crippen LogP contribution in [-0.4, -0.2) is 36.2 Å². The molecule has 0 spiro atoms. The van der Waals surface area contributed by atoms with Gasteiger partial charge < -0.3 is 9.47 Å². The van der Waals surface area contributed by atoms with Crippen molar-refractivity contribution in [2.75, 3.05) is 13.2 Å². The molecule has 0 aliphatic carbocycles. The van der Waals surface area contributed by atoms with Crippen LogP contribution in [0.15, 0.2) is 30.3 Å². The zero-order chi connectivity index (χ0) is 16.5. The van der Waals surface area contributed by atoms with Gasteiger partial charge in [0.2, 0.25) is 0 Å². The number of likely N-dealkylation sites (tertiary alicyclic amines) is 1. The summed E-state index contributed by atoms with van der Waals surface area (Å²) in [6, 6.07) is 9.01. The number of benzene rings is 1. The van der Waals surface area contributed by atoms with E-state index in [-0.39, 0.29) is 12.6 Å². The lowest BCUT2D eigenvalue weighted by Crippen LogP contribution is -2.41. The third-order valence-electron chi connectivity index (χ3n) is 3.96. The average molecular weight is 319 g/mol. The summed E-state index contributed by atoms with van der Waals surface area (Å²) in [5.41, 5.74) is 0.929. The number of hydrogen-bond acceptors (Lipinski definition) is 4. The van der Waals surface area contributed by atoms with E-state index < -0.39 is 12.1 Å². The quantitative estimate of drug-likeness (QED) is 0.570. The highest BCUT2D eigenvalue weighted by Gasteiger charge is 2.36. The fourth-order valence-electron chi connectivity index (χ4n) is 2.65. The standard InChI is InChI=1S/C18H25NO4/c1-2-3-7-13-22-17(20)16-11-8-12-19(16)18(21)23-14-15-9-5-4-6-10-15/h4-6,9-10,16H,2-3,7-8,11-14H2,1H3. The highest BCUT2D eigenvalue weighted by atomic mass is 16.6. The fraction of sp³-hybridized carbons (Fsp3) is 0.556. The van der Waals surface area contributed by atoms with Crippen molar-refractivity contribution in [2.24, 2.45) is 0 Å². The van der Waals surface area contributed by atoms with Crippen LogP contribution in [0.1, 0.15) is 44.6 Å². The minimum absolute atomic E-state index is 0.217. The Labute approximate surface area is 137 Å². The number of rotatable bonds is 7. The van der Waals surface area contributed by atoms with E-state index >= 15 is 0 Å². The van der Waals surface area contributed by atoms with Gasteiger partial charge >= 0.3 is 12.1 Å². The molecule has 2 rings (SSSR count). The lowest BCUT2D eigenvalue weighted by molar-refractivity contribution is -0.148. The first kappa shape index (κ1) is 17.3. The van der Waals surface area contributed by atoms with Gasteiger partial charge in [0.15, 0.2) is 0 Å². The molecule has 5 nitrogen and oxygen atoms in total. The van der Waals surface area contributed by atoms with Crippen molar-refractivity contribution in [2.45, 2.75) is 51.7 Å². The van der Waals surface area contributed by atoms with Gasteiger partial charge in [-0.1, -0.05) is 50.1 Å². The van der Waals surface area contributed by atoms with Gasteiger partial charge in [0.05, 0.1) is 6.61 Å². The maximum Gasteiger partial charge on any atom is 0.410 e. The Kier molecular flexibility index (Phi) is 6.91. The molecule has 0 N–H and O–H groups in total. The van der Waals surface area contributed by atoms with E-state index in [1.165, 1.54) is 4.90 Å². The second kappa shape index (κ2) is 9.18. The number of carbonyl (C=O) groups is 2. The summed E-state index contributed by atoms with van der Waals surface area (Å²) in [6.07, 6.45) is 4.00. The fourth-order valence-corrected chi connectivity index (χ4v) is 2.65. The van der Waals surface area contributed by atoms with Crippen molar-refractivity contribution in [1.29, 1.82) is 0 Å². The van der Waals surface area contributed by atoms with E-state index in [1.807, 2.05) is 30.3 Å². The molecule has 1 saturated heterocycles. The molecular weight excluding hydrogens is 294 g/mol. The van der Waals surface area contributed by atoms with Crippen LogP contribution in [0.3, 0.4) is 0 Å². The Hall–Kier alpha value is -2.04. The lowest BCUT2D eigenvalue weighted by atomic mass is 10.2. The van der Waals surface area contributed by atoms with E-state index in [2.05, 4.69) is 6.92 Å². The van der Waals surface area contributed by atoms with E-state index in [4.69, 9.17) is 9.47 Å². The van der Waals surface area contributed by atoms with Gasteiger partial charge in [0.1, 0.15) is 12.6 Å². The Bertz CT molecular complexity index is 503. The summed E-state index contributed by atoms with van der Waals surface area (Å²) in [4.78, 5) is 25.8. The molecule has 0 aromatic heterocycles. The van der Waals surface area contributed by atoms with E-state index in [0.717, 1.165) is 31.2 Å². The lowest BCUT2D eigenvalue weighted by Gasteiger charge is -2.22. The Morgan fingerprint density at radius 3 is 2.70 bits per heavy atom. The predicted molar refractivity (Wildman–Crippen MR) is 86.8 cm³/mol. The molecule has 23 heavy (non-hydrogen) atoms. The molecule has 5 heteroatoms. The normalized spacial score (nSPS) is 17.1. The van der Waals surface area contributed by atoms with Crippen LogP contribution in [0.5, 0.6) is 0 Å². The monoisotopic (exact) mass is 319 g/mol. The molecule has 1 unspecified atom stereocenters. The molecule has 1 aromatic carbocycles. The van der Waals surface area contributed by atoms with Gasteiger partial charge in [-0.25, -0.2) is 9.59 Å². The van der Waals surface area contributed by atoms with Crippen molar-refractivity contribution in [3.8, 4) is 0 Å². The topological polar surface area (TPSA) is 55.8 Å². The van der Waals surface area contributed by atoms with Crippen LogP contribution in [0.25, 0.3) is 0 Å². The van der Waals surface area contributed by atoms with Crippen LogP contribution < -0.4 is 0 Å². The maximum absolute atomic E-state index is 12.2. The van der Waals surface area contributed by atoms with Gasteiger partial charge in [-0.15, -0.1) is 0 Å². The molecule has 0 bridgehead atoms. The number of unbranched alkanes of at least 4 members (excludes halogenated alkanes) is 2. The molecule has 1 aliphatic rings. The van der Waals surface area contributed by atoms with E-state index in [1.54, 1.807) is 0 Å². The minimum Gasteiger partial charge on any atom is -0.464 e.